The third-order valence-electron chi connectivity index (χ3n) is 2.65. The van der Waals surface area contributed by atoms with Crippen molar-refractivity contribution in [3.8, 4) is 17.2 Å². The largest absolute Gasteiger partial charge is 0.192 e. The molecule has 0 aliphatic carbocycles. The molecule has 1 nitrogen and oxygen atoms in total. The minimum absolute atomic E-state index is 0.721. The van der Waals surface area contributed by atoms with Gasteiger partial charge in [0.15, 0.2) is 0 Å². The summed E-state index contributed by atoms with van der Waals surface area (Å²) in [4.78, 5) is 0. The molecule has 0 atom stereocenters. The van der Waals surface area contributed by atoms with E-state index in [4.69, 9.17) is 5.26 Å². The number of alkyl halides is 1. The highest BCUT2D eigenvalue weighted by Gasteiger charge is 2.05. The predicted octanol–water partition coefficient (Wildman–Crippen LogP) is 4.43. The van der Waals surface area contributed by atoms with Crippen LogP contribution in [0, 0.1) is 18.3 Å². The zero-order valence-corrected chi connectivity index (χ0v) is 11.2. The summed E-state index contributed by atoms with van der Waals surface area (Å²) < 4.78 is 0. The van der Waals surface area contributed by atoms with E-state index < -0.39 is 0 Å². The number of nitrogens with zero attached hydrogens (tertiary/aromatic N) is 1. The van der Waals surface area contributed by atoms with Crippen molar-refractivity contribution in [3.05, 3.63) is 59.2 Å². The van der Waals surface area contributed by atoms with Crippen LogP contribution in [0.25, 0.3) is 11.1 Å². The average molecular weight is 286 g/mol. The minimum Gasteiger partial charge on any atom is -0.192 e. The van der Waals surface area contributed by atoms with Crippen LogP contribution >= 0.6 is 15.9 Å². The van der Waals surface area contributed by atoms with Gasteiger partial charge in [-0.15, -0.1) is 0 Å². The highest BCUT2D eigenvalue weighted by molar-refractivity contribution is 9.08. The summed E-state index contributed by atoms with van der Waals surface area (Å²) in [5.74, 6) is 0. The molecule has 2 aromatic carbocycles. The maximum absolute atomic E-state index is 9.12. The van der Waals surface area contributed by atoms with Gasteiger partial charge in [0.1, 0.15) is 0 Å². The lowest BCUT2D eigenvalue weighted by molar-refractivity contribution is 1.36. The molecule has 0 unspecified atom stereocenters. The van der Waals surface area contributed by atoms with E-state index in [1.54, 1.807) is 0 Å². The normalized spacial score (nSPS) is 9.94. The lowest BCUT2D eigenvalue weighted by Crippen LogP contribution is -1.87. The molecule has 0 bridgehead atoms. The average Bonchev–Trinajstić information content (AvgIpc) is 2.37. The Bertz CT molecular complexity index is 582. The second kappa shape index (κ2) is 5.16. The number of rotatable bonds is 2. The molecule has 0 amide bonds. The summed E-state index contributed by atoms with van der Waals surface area (Å²) in [6, 6.07) is 16.3. The molecule has 0 aliphatic rings. The van der Waals surface area contributed by atoms with E-state index in [2.05, 4.69) is 47.1 Å². The van der Waals surface area contributed by atoms with Gasteiger partial charge in [0, 0.05) is 5.33 Å². The number of hydrogen-bond acceptors (Lipinski definition) is 1. The SMILES string of the molecule is Cc1cc(CBr)cc(-c2ccccc2C#N)c1. The Kier molecular flexibility index (Phi) is 3.61. The first-order valence-corrected chi connectivity index (χ1v) is 6.53. The highest BCUT2D eigenvalue weighted by atomic mass is 79.9. The van der Waals surface area contributed by atoms with Gasteiger partial charge in [0.25, 0.3) is 0 Å². The first kappa shape index (κ1) is 11.9. The summed E-state index contributed by atoms with van der Waals surface area (Å²) >= 11 is 3.47. The standard InChI is InChI=1S/C15H12BrN/c1-11-6-12(9-16)8-14(7-11)15-5-3-2-4-13(15)10-17/h2-8H,9H2,1H3. The van der Waals surface area contributed by atoms with Crippen LogP contribution in [-0.4, -0.2) is 0 Å². The van der Waals surface area contributed by atoms with Crippen molar-refractivity contribution in [2.75, 3.05) is 0 Å². The van der Waals surface area contributed by atoms with Crippen LogP contribution in [0.15, 0.2) is 42.5 Å². The van der Waals surface area contributed by atoms with Crippen molar-refractivity contribution in [1.29, 1.82) is 5.26 Å². The van der Waals surface area contributed by atoms with Crippen molar-refractivity contribution in [1.82, 2.24) is 0 Å². The van der Waals surface area contributed by atoms with E-state index in [-0.39, 0.29) is 0 Å². The minimum atomic E-state index is 0.721. The quantitative estimate of drug-likeness (QED) is 0.749. The van der Waals surface area contributed by atoms with Gasteiger partial charge in [-0.1, -0.05) is 57.9 Å². The van der Waals surface area contributed by atoms with E-state index in [0.29, 0.717) is 0 Å². The third-order valence-corrected chi connectivity index (χ3v) is 3.30. The van der Waals surface area contributed by atoms with Gasteiger partial charge < -0.3 is 0 Å². The number of aryl methyl sites for hydroxylation is 1. The molecule has 0 saturated carbocycles. The van der Waals surface area contributed by atoms with Crippen molar-refractivity contribution in [3.63, 3.8) is 0 Å². The van der Waals surface area contributed by atoms with Gasteiger partial charge in [0.05, 0.1) is 11.6 Å². The molecule has 0 fully saturated rings. The molecule has 0 radical (unpaired) electrons. The maximum Gasteiger partial charge on any atom is 0.0998 e. The fraction of sp³-hybridized carbons (Fsp3) is 0.133. The van der Waals surface area contributed by atoms with Gasteiger partial charge in [-0.05, 0) is 29.7 Å². The summed E-state index contributed by atoms with van der Waals surface area (Å²) in [5, 5.41) is 9.95. The first-order valence-electron chi connectivity index (χ1n) is 5.40. The molecule has 84 valence electrons. The van der Waals surface area contributed by atoms with Crippen LogP contribution in [0.5, 0.6) is 0 Å². The number of nitriles is 1. The molecule has 0 spiro atoms. The summed E-state index contributed by atoms with van der Waals surface area (Å²) in [6.07, 6.45) is 0. The molecule has 2 rings (SSSR count). The Morgan fingerprint density at radius 1 is 1.18 bits per heavy atom. The van der Waals surface area contributed by atoms with Crippen molar-refractivity contribution < 1.29 is 0 Å². The predicted molar refractivity (Wildman–Crippen MR) is 74.0 cm³/mol. The highest BCUT2D eigenvalue weighted by Crippen LogP contribution is 2.26. The van der Waals surface area contributed by atoms with E-state index in [0.717, 1.165) is 22.0 Å². The zero-order valence-electron chi connectivity index (χ0n) is 9.57. The van der Waals surface area contributed by atoms with Crippen LogP contribution < -0.4 is 0 Å². The van der Waals surface area contributed by atoms with Crippen molar-refractivity contribution >= 4 is 15.9 Å². The Morgan fingerprint density at radius 2 is 1.94 bits per heavy atom. The zero-order chi connectivity index (χ0) is 12.3. The Labute approximate surface area is 110 Å². The number of hydrogen-bond donors (Lipinski definition) is 0. The summed E-state index contributed by atoms with van der Waals surface area (Å²) in [5.41, 5.74) is 5.27. The van der Waals surface area contributed by atoms with Gasteiger partial charge >= 0.3 is 0 Å². The van der Waals surface area contributed by atoms with E-state index in [1.165, 1.54) is 11.1 Å². The molecule has 2 heteroatoms. The molecule has 17 heavy (non-hydrogen) atoms. The fourth-order valence-corrected chi connectivity index (χ4v) is 2.25. The summed E-state index contributed by atoms with van der Waals surface area (Å²) in [7, 11) is 0. The lowest BCUT2D eigenvalue weighted by atomic mass is 9.97. The molecule has 0 heterocycles. The van der Waals surface area contributed by atoms with Crippen LogP contribution in [0.1, 0.15) is 16.7 Å². The van der Waals surface area contributed by atoms with Crippen LogP contribution in [-0.2, 0) is 5.33 Å². The van der Waals surface area contributed by atoms with Crippen LogP contribution in [0.3, 0.4) is 0 Å². The number of benzene rings is 2. The second-order valence-electron chi connectivity index (χ2n) is 4.00. The smallest absolute Gasteiger partial charge is 0.0998 e. The van der Waals surface area contributed by atoms with Crippen LogP contribution in [0.4, 0.5) is 0 Å². The van der Waals surface area contributed by atoms with Crippen molar-refractivity contribution in [2.24, 2.45) is 0 Å². The van der Waals surface area contributed by atoms with E-state index in [9.17, 15) is 0 Å². The van der Waals surface area contributed by atoms with Gasteiger partial charge in [-0.25, -0.2) is 0 Å². The Morgan fingerprint density at radius 3 is 2.65 bits per heavy atom. The molecule has 0 aromatic heterocycles. The Hall–Kier alpha value is -1.59. The third kappa shape index (κ3) is 2.57. The maximum atomic E-state index is 9.12. The van der Waals surface area contributed by atoms with Gasteiger partial charge in [-0.3, -0.25) is 0 Å². The van der Waals surface area contributed by atoms with E-state index >= 15 is 0 Å². The van der Waals surface area contributed by atoms with Crippen molar-refractivity contribution in [2.45, 2.75) is 12.3 Å². The lowest BCUT2D eigenvalue weighted by Gasteiger charge is -2.07. The summed E-state index contributed by atoms with van der Waals surface area (Å²) in [6.45, 7) is 2.07. The number of halogens is 1. The second-order valence-corrected chi connectivity index (χ2v) is 4.56. The molecule has 0 N–H and O–H groups in total. The van der Waals surface area contributed by atoms with E-state index in [1.807, 2.05) is 24.3 Å². The fourth-order valence-electron chi connectivity index (χ4n) is 1.93. The molecular weight excluding hydrogens is 274 g/mol. The first-order chi connectivity index (χ1) is 8.24. The van der Waals surface area contributed by atoms with Gasteiger partial charge in [0.2, 0.25) is 0 Å². The van der Waals surface area contributed by atoms with Crippen LogP contribution in [0.2, 0.25) is 0 Å². The topological polar surface area (TPSA) is 23.8 Å². The molecule has 2 aromatic rings. The molecule has 0 aliphatic heterocycles. The molecule has 0 saturated heterocycles. The molecular formula is C15H12BrN. The Balaban J connectivity index is 2.60. The van der Waals surface area contributed by atoms with Gasteiger partial charge in [-0.2, -0.15) is 5.26 Å². The monoisotopic (exact) mass is 285 g/mol.